The van der Waals surface area contributed by atoms with E-state index >= 15 is 0 Å². The first kappa shape index (κ1) is 47.3. The smallest absolute Gasteiger partial charge is 0.135 e. The predicted octanol–water partition coefficient (Wildman–Crippen LogP) is 18.4. The fraction of sp³-hybridized carbons (Fsp3) is 0.0137. The van der Waals surface area contributed by atoms with Crippen LogP contribution in [0.1, 0.15) is 6.92 Å². The predicted molar refractivity (Wildman–Crippen MR) is 340 cm³/mol. The Balaban J connectivity index is 0.829. The zero-order valence-corrected chi connectivity index (χ0v) is 45.1. The van der Waals surface area contributed by atoms with Crippen LogP contribution in [-0.2, 0) is 0 Å². The van der Waals surface area contributed by atoms with E-state index in [0.717, 1.165) is 150 Å². The van der Waals surface area contributed by atoms with Gasteiger partial charge in [-0.15, -0.1) is 0 Å². The Morgan fingerprint density at radius 3 is 1.11 bits per heavy atom. The summed E-state index contributed by atoms with van der Waals surface area (Å²) in [5.41, 5.74) is 22.9. The molecule has 0 bridgehead atoms. The summed E-state index contributed by atoms with van der Waals surface area (Å²) >= 11 is 0. The lowest BCUT2D eigenvalue weighted by Gasteiger charge is -2.09. The average molecular weight is 1080 g/mol. The quantitative estimate of drug-likeness (QED) is 0.131. The molecule has 0 aliphatic rings. The first-order valence-electron chi connectivity index (χ1n) is 27.9. The second-order valence-electron chi connectivity index (χ2n) is 21.0. The van der Waals surface area contributed by atoms with Gasteiger partial charge in [-0.3, -0.25) is 0 Å². The molecule has 11 aromatic heterocycles. The van der Waals surface area contributed by atoms with Gasteiger partial charge in [-0.05, 0) is 165 Å². The monoisotopic (exact) mass is 1080 g/mol. The van der Waals surface area contributed by atoms with Gasteiger partial charge in [-0.2, -0.15) is 0 Å². The molecule has 0 spiro atoms. The standard InChI is InChI=1S/C73H45N9O2/c1-3-15-45(16-4-2)80-58-33-27-52(43-25-39-66-50(41-43)48-21-11-13-23-64(48)83-66)74-68(58)70-60(80)35-29-54(76-70)56-31-37-62-72(78-56)73-63(82(62)47-19-9-6-10-20-47)38-32-57(79-73)55-30-36-61-71(77-55)69-59(81(61)46-17-7-5-8-18-46)34-28-53(75-69)44-26-40-67-51(42-44)49-22-12-14-24-65(49)84-67/h3-42H,1H2,2H3/b16-4-,45-15+. The van der Waals surface area contributed by atoms with Crippen LogP contribution in [0, 0.1) is 0 Å². The molecule has 11 heteroatoms. The van der Waals surface area contributed by atoms with Gasteiger partial charge in [0.25, 0.3) is 0 Å². The first-order chi connectivity index (χ1) is 41.5. The molecule has 0 fully saturated rings. The van der Waals surface area contributed by atoms with Gasteiger partial charge in [0.05, 0.1) is 67.3 Å². The topological polar surface area (TPSA) is 118 Å². The highest BCUT2D eigenvalue weighted by atomic mass is 16.3. The Bertz CT molecular complexity index is 5660. The van der Waals surface area contributed by atoms with E-state index < -0.39 is 0 Å². The van der Waals surface area contributed by atoms with E-state index in [1.807, 2.05) is 91.9 Å². The van der Waals surface area contributed by atoms with Gasteiger partial charge in [0, 0.05) is 49.7 Å². The van der Waals surface area contributed by atoms with E-state index in [2.05, 4.69) is 178 Å². The minimum Gasteiger partial charge on any atom is -0.456 e. The summed E-state index contributed by atoms with van der Waals surface area (Å²) in [7, 11) is 0. The average Bonchev–Trinajstić information content (AvgIpc) is 3.03. The van der Waals surface area contributed by atoms with Crippen molar-refractivity contribution in [3.8, 4) is 56.7 Å². The van der Waals surface area contributed by atoms with Gasteiger partial charge < -0.3 is 22.5 Å². The first-order valence-corrected chi connectivity index (χ1v) is 27.9. The Morgan fingerprint density at radius 2 is 0.702 bits per heavy atom. The highest BCUT2D eigenvalue weighted by Gasteiger charge is 2.23. The van der Waals surface area contributed by atoms with Gasteiger partial charge in [0.2, 0.25) is 0 Å². The zero-order valence-electron chi connectivity index (χ0n) is 45.1. The number of fused-ring (bicyclic) bond motifs is 15. The maximum atomic E-state index is 6.20. The number of allylic oxidation sites excluding steroid dienone is 5. The van der Waals surface area contributed by atoms with Crippen molar-refractivity contribution in [3.63, 3.8) is 0 Å². The van der Waals surface area contributed by atoms with E-state index in [-0.39, 0.29) is 0 Å². The Kier molecular flexibility index (Phi) is 10.4. The number of nitrogens with zero attached hydrogens (tertiary/aromatic N) is 9. The fourth-order valence-electron chi connectivity index (χ4n) is 12.4. The summed E-state index contributed by atoms with van der Waals surface area (Å²) in [4.78, 5) is 32.8. The summed E-state index contributed by atoms with van der Waals surface area (Å²) in [6, 6.07) is 74.8. The number of rotatable bonds is 9. The molecule has 11 heterocycles. The molecule has 0 unspecified atom stereocenters. The van der Waals surface area contributed by atoms with Crippen LogP contribution in [0.25, 0.3) is 172 Å². The Hall–Kier alpha value is -11.6. The largest absolute Gasteiger partial charge is 0.456 e. The van der Waals surface area contributed by atoms with Crippen molar-refractivity contribution < 1.29 is 8.83 Å². The van der Waals surface area contributed by atoms with Crippen LogP contribution >= 0.6 is 0 Å². The maximum Gasteiger partial charge on any atom is 0.135 e. The minimum atomic E-state index is 0.698. The SMILES string of the molecule is C=C/C=C(\C=C/C)n1c2ccc(-c3ccc4oc5ccccc5c4c3)nc2c2nc(-c3ccc4c(n3)c3nc(-c5ccc6c(n5)c5nc(-c7ccc8oc9ccccc9c8c7)ccc5n6-c5ccccc5)ccc3n4-c3ccccc3)ccc21. The second kappa shape index (κ2) is 18.5. The summed E-state index contributed by atoms with van der Waals surface area (Å²) < 4.78 is 19.1. The van der Waals surface area contributed by atoms with Gasteiger partial charge >= 0.3 is 0 Å². The number of hydrogen-bond acceptors (Lipinski definition) is 8. The number of hydrogen-bond donors (Lipinski definition) is 0. The Labute approximate surface area is 478 Å². The molecule has 0 saturated carbocycles. The molecule has 84 heavy (non-hydrogen) atoms. The third kappa shape index (κ3) is 7.25. The van der Waals surface area contributed by atoms with Crippen molar-refractivity contribution >= 4 is 116 Å². The molecule has 0 aliphatic heterocycles. The molecule has 11 nitrogen and oxygen atoms in total. The summed E-state index contributed by atoms with van der Waals surface area (Å²) in [5.74, 6) is 0. The summed E-state index contributed by atoms with van der Waals surface area (Å²) in [5, 5.41) is 4.23. The number of para-hydroxylation sites is 4. The molecule has 0 atom stereocenters. The highest BCUT2D eigenvalue weighted by molar-refractivity contribution is 6.12. The van der Waals surface area contributed by atoms with Crippen molar-refractivity contribution in [2.45, 2.75) is 6.92 Å². The molecule has 0 N–H and O–H groups in total. The van der Waals surface area contributed by atoms with Crippen molar-refractivity contribution in [2.24, 2.45) is 0 Å². The molecule has 0 aliphatic carbocycles. The number of furan rings is 2. The highest BCUT2D eigenvalue weighted by Crippen LogP contribution is 2.40. The summed E-state index contributed by atoms with van der Waals surface area (Å²) in [6.45, 7) is 6.08. The number of benzene rings is 6. The van der Waals surface area contributed by atoms with Crippen LogP contribution in [0.2, 0.25) is 0 Å². The lowest BCUT2D eigenvalue weighted by atomic mass is 10.1. The van der Waals surface area contributed by atoms with Crippen LogP contribution in [0.3, 0.4) is 0 Å². The Morgan fingerprint density at radius 1 is 0.357 bits per heavy atom. The van der Waals surface area contributed by atoms with E-state index in [0.29, 0.717) is 22.8 Å². The molecular weight excluding hydrogens is 1030 g/mol. The normalized spacial score (nSPS) is 12.4. The molecule has 6 aromatic carbocycles. The number of aromatic nitrogens is 9. The van der Waals surface area contributed by atoms with Gasteiger partial charge in [-0.25, -0.2) is 29.9 Å². The molecule has 394 valence electrons. The van der Waals surface area contributed by atoms with Gasteiger partial charge in [-0.1, -0.05) is 91.5 Å². The molecule has 0 amide bonds. The lowest BCUT2D eigenvalue weighted by molar-refractivity contribution is 0.668. The molecule has 0 saturated heterocycles. The van der Waals surface area contributed by atoms with Crippen LogP contribution in [-0.4, -0.2) is 43.6 Å². The van der Waals surface area contributed by atoms with Crippen LogP contribution in [0.15, 0.2) is 258 Å². The molecule has 0 radical (unpaired) electrons. The molecular formula is C73H45N9O2. The van der Waals surface area contributed by atoms with Crippen LogP contribution in [0.5, 0.6) is 0 Å². The molecule has 17 aromatic rings. The summed E-state index contributed by atoms with van der Waals surface area (Å²) in [6.07, 6.45) is 7.92. The second-order valence-corrected chi connectivity index (χ2v) is 21.0. The number of pyridine rings is 6. The third-order valence-electron chi connectivity index (χ3n) is 16.1. The van der Waals surface area contributed by atoms with E-state index in [1.165, 1.54) is 0 Å². The maximum absolute atomic E-state index is 6.20. The third-order valence-corrected chi connectivity index (χ3v) is 16.1. The van der Waals surface area contributed by atoms with E-state index in [1.54, 1.807) is 0 Å². The van der Waals surface area contributed by atoms with Gasteiger partial charge in [0.15, 0.2) is 0 Å². The van der Waals surface area contributed by atoms with Crippen LogP contribution in [0.4, 0.5) is 0 Å². The van der Waals surface area contributed by atoms with Crippen LogP contribution < -0.4 is 0 Å². The zero-order chi connectivity index (χ0) is 55.6. The fourth-order valence-corrected chi connectivity index (χ4v) is 12.4. The van der Waals surface area contributed by atoms with Gasteiger partial charge in [0.1, 0.15) is 55.4 Å². The van der Waals surface area contributed by atoms with E-state index in [9.17, 15) is 0 Å². The van der Waals surface area contributed by atoms with Crippen molar-refractivity contribution in [3.05, 3.63) is 249 Å². The minimum absolute atomic E-state index is 0.698. The van der Waals surface area contributed by atoms with Crippen molar-refractivity contribution in [1.82, 2.24) is 43.6 Å². The molecule has 17 rings (SSSR count). The lowest BCUT2D eigenvalue weighted by Crippen LogP contribution is -1.96. The van der Waals surface area contributed by atoms with Crippen molar-refractivity contribution in [2.75, 3.05) is 0 Å². The van der Waals surface area contributed by atoms with Crippen molar-refractivity contribution in [1.29, 1.82) is 0 Å². The van der Waals surface area contributed by atoms with E-state index in [4.69, 9.17) is 38.7 Å².